The third-order valence-electron chi connectivity index (χ3n) is 11.5. The van der Waals surface area contributed by atoms with E-state index in [0.29, 0.717) is 5.92 Å². The van der Waals surface area contributed by atoms with Crippen LogP contribution in [0.4, 0.5) is 5.69 Å². The van der Waals surface area contributed by atoms with Gasteiger partial charge in [-0.15, -0.1) is 0 Å². The maximum Gasteiger partial charge on any atom is 0.0478 e. The van der Waals surface area contributed by atoms with Crippen molar-refractivity contribution < 1.29 is 0 Å². The number of hydrogen-bond donors (Lipinski definition) is 0. The van der Waals surface area contributed by atoms with Gasteiger partial charge in [-0.2, -0.15) is 0 Å². The lowest BCUT2D eigenvalue weighted by Gasteiger charge is -2.28. The summed E-state index contributed by atoms with van der Waals surface area (Å²) in [5.74, 6) is 0.330. The molecule has 0 aliphatic heterocycles. The van der Waals surface area contributed by atoms with Gasteiger partial charge in [-0.05, 0) is 107 Å². The van der Waals surface area contributed by atoms with Crippen LogP contribution in [0.3, 0.4) is 0 Å². The number of anilines is 1. The Morgan fingerprint density at radius 1 is 0.517 bits per heavy atom. The molecule has 5 aliphatic carbocycles. The van der Waals surface area contributed by atoms with Gasteiger partial charge in [-0.25, -0.2) is 0 Å². The van der Waals surface area contributed by atoms with E-state index in [9.17, 15) is 0 Å². The summed E-state index contributed by atoms with van der Waals surface area (Å²) in [4.78, 5) is 2.48. The summed E-state index contributed by atoms with van der Waals surface area (Å²) in [5, 5.41) is 0. The fourth-order valence-electron chi connectivity index (χ4n) is 8.18. The molecule has 3 aromatic rings. The van der Waals surface area contributed by atoms with Gasteiger partial charge in [0.15, 0.2) is 0 Å². The van der Waals surface area contributed by atoms with Gasteiger partial charge in [0.25, 0.3) is 0 Å². The Morgan fingerprint density at radius 3 is 2.09 bits per heavy atom. The Bertz CT molecular complexity index is 2400. The monoisotopic (exact) mass is 751 g/mol. The molecule has 0 spiro atoms. The molecule has 0 N–H and O–H groups in total. The maximum atomic E-state index is 2.48. The zero-order valence-corrected chi connectivity index (χ0v) is 33.5. The van der Waals surface area contributed by atoms with Crippen LogP contribution in [0, 0.1) is 5.92 Å². The van der Waals surface area contributed by atoms with Gasteiger partial charge in [0.1, 0.15) is 0 Å². The summed E-state index contributed by atoms with van der Waals surface area (Å²) in [5.41, 5.74) is 15.9. The van der Waals surface area contributed by atoms with Crippen LogP contribution >= 0.6 is 0 Å². The highest BCUT2D eigenvalue weighted by atomic mass is 15.1. The predicted molar refractivity (Wildman–Crippen MR) is 249 cm³/mol. The van der Waals surface area contributed by atoms with Crippen molar-refractivity contribution in [1.29, 1.82) is 0 Å². The molecule has 0 amide bonds. The topological polar surface area (TPSA) is 3.24 Å². The van der Waals surface area contributed by atoms with Crippen LogP contribution in [0.1, 0.15) is 55.2 Å². The van der Waals surface area contributed by atoms with E-state index in [1.54, 1.807) is 0 Å². The Morgan fingerprint density at radius 2 is 1.26 bits per heavy atom. The standard InChI is InChI=1S/C57H53N/c1-2-12-23-48(22-11-1)50-26-15-21-45(29-31-50)30-32-55(43-46-17-7-5-8-18-46)54-35-33-52(34-36-54)53-38-41-57(42-39-53)58(44-47-19-9-6-10-20-47)56-28-16-27-51(37-40-56)49-24-13-3-4-14-25-49/h1,3-24,27,29-33,35,37-42,55H,2,25-26,28,34,36,43-44H2/b32-30+. The second-order valence-electron chi connectivity index (χ2n) is 15.5. The van der Waals surface area contributed by atoms with E-state index in [2.05, 4.69) is 224 Å². The molecule has 1 heteroatoms. The zero-order chi connectivity index (χ0) is 39.2. The van der Waals surface area contributed by atoms with Gasteiger partial charge in [-0.1, -0.05) is 206 Å². The molecule has 5 aliphatic rings. The van der Waals surface area contributed by atoms with Crippen LogP contribution in [0.25, 0.3) is 5.57 Å². The molecule has 3 aromatic carbocycles. The van der Waals surface area contributed by atoms with Crippen LogP contribution < -0.4 is 4.90 Å². The van der Waals surface area contributed by atoms with Crippen molar-refractivity contribution in [3.8, 4) is 0 Å². The molecule has 0 aromatic heterocycles. The normalized spacial score (nSPS) is 18.3. The first kappa shape index (κ1) is 38.4. The van der Waals surface area contributed by atoms with E-state index in [4.69, 9.17) is 0 Å². The summed E-state index contributed by atoms with van der Waals surface area (Å²) in [7, 11) is 0. The zero-order valence-electron chi connectivity index (χ0n) is 33.5. The highest BCUT2D eigenvalue weighted by Gasteiger charge is 2.18. The Balaban J connectivity index is 1.02. The van der Waals surface area contributed by atoms with Crippen molar-refractivity contribution in [2.75, 3.05) is 4.90 Å². The average Bonchev–Trinajstić information content (AvgIpc) is 3.89. The number of allylic oxidation sites excluding steroid dienone is 29. The lowest BCUT2D eigenvalue weighted by molar-refractivity contribution is 0.705. The number of hydrogen-bond acceptors (Lipinski definition) is 1. The molecule has 8 rings (SSSR count). The molecule has 58 heavy (non-hydrogen) atoms. The van der Waals surface area contributed by atoms with E-state index in [0.717, 1.165) is 51.5 Å². The van der Waals surface area contributed by atoms with E-state index in [-0.39, 0.29) is 0 Å². The van der Waals surface area contributed by atoms with Gasteiger partial charge in [-0.3, -0.25) is 0 Å². The molecule has 1 nitrogen and oxygen atoms in total. The smallest absolute Gasteiger partial charge is 0.0478 e. The minimum absolute atomic E-state index is 0.330. The molecule has 0 saturated heterocycles. The first-order chi connectivity index (χ1) is 28.7. The molecule has 1 unspecified atom stereocenters. The Hall–Kier alpha value is -6.44. The summed E-state index contributed by atoms with van der Waals surface area (Å²) < 4.78 is 0. The summed E-state index contributed by atoms with van der Waals surface area (Å²) in [6, 6.07) is 31.1. The lowest BCUT2D eigenvalue weighted by Crippen LogP contribution is -2.21. The fourth-order valence-corrected chi connectivity index (χ4v) is 8.18. The molecule has 0 bridgehead atoms. The Kier molecular flexibility index (Phi) is 13.0. The van der Waals surface area contributed by atoms with Crippen molar-refractivity contribution in [3.05, 3.63) is 274 Å². The van der Waals surface area contributed by atoms with Gasteiger partial charge in [0, 0.05) is 30.3 Å². The second kappa shape index (κ2) is 19.6. The highest BCUT2D eigenvalue weighted by Crippen LogP contribution is 2.35. The molecule has 0 saturated carbocycles. The van der Waals surface area contributed by atoms with Crippen molar-refractivity contribution in [1.82, 2.24) is 0 Å². The predicted octanol–water partition coefficient (Wildman–Crippen LogP) is 14.7. The number of benzene rings is 3. The second-order valence-corrected chi connectivity index (χ2v) is 15.5. The largest absolute Gasteiger partial charge is 0.340 e. The molecule has 286 valence electrons. The molecule has 1 atom stereocenters. The van der Waals surface area contributed by atoms with Crippen LogP contribution in [-0.2, 0) is 13.0 Å². The molecular formula is C57H53N. The van der Waals surface area contributed by atoms with Crippen LogP contribution in [0.5, 0.6) is 0 Å². The SMILES string of the molecule is C1=CC=C(C2=CC=C(N(Cc3ccccc3)c3ccc(C4=CC=C(C(/C=C/C5=CC=C(C6=CC=CCC=C6)CC=C5)Cc5ccccc5)CC4)cc3)CC=C2)CC=C1. The fraction of sp³-hybridized carbons (Fsp3) is 0.158. The third kappa shape index (κ3) is 10.3. The van der Waals surface area contributed by atoms with Gasteiger partial charge < -0.3 is 4.90 Å². The lowest BCUT2D eigenvalue weighted by atomic mass is 9.83. The van der Waals surface area contributed by atoms with E-state index in [1.807, 2.05) is 0 Å². The number of nitrogens with zero attached hydrogens (tertiary/aromatic N) is 1. The van der Waals surface area contributed by atoms with E-state index < -0.39 is 0 Å². The van der Waals surface area contributed by atoms with Crippen LogP contribution in [0.15, 0.2) is 258 Å². The van der Waals surface area contributed by atoms with E-state index >= 15 is 0 Å². The minimum atomic E-state index is 0.330. The molecular weight excluding hydrogens is 699 g/mol. The van der Waals surface area contributed by atoms with Crippen LogP contribution in [0.2, 0.25) is 0 Å². The van der Waals surface area contributed by atoms with Crippen molar-refractivity contribution in [3.63, 3.8) is 0 Å². The maximum absolute atomic E-state index is 2.48. The quantitative estimate of drug-likeness (QED) is 0.178. The first-order valence-corrected chi connectivity index (χ1v) is 21.0. The summed E-state index contributed by atoms with van der Waals surface area (Å²) in [6.45, 7) is 0.819. The third-order valence-corrected chi connectivity index (χ3v) is 11.5. The summed E-state index contributed by atoms with van der Waals surface area (Å²) in [6.07, 6.45) is 56.7. The van der Waals surface area contributed by atoms with Crippen molar-refractivity contribution in [2.24, 2.45) is 5.92 Å². The average molecular weight is 752 g/mol. The highest BCUT2D eigenvalue weighted by molar-refractivity contribution is 5.71. The van der Waals surface area contributed by atoms with Gasteiger partial charge in [0.05, 0.1) is 0 Å². The van der Waals surface area contributed by atoms with Crippen LogP contribution in [-0.4, -0.2) is 0 Å². The summed E-state index contributed by atoms with van der Waals surface area (Å²) >= 11 is 0. The van der Waals surface area contributed by atoms with Gasteiger partial charge in [0.2, 0.25) is 0 Å². The number of rotatable bonds is 12. The first-order valence-electron chi connectivity index (χ1n) is 21.0. The molecule has 0 radical (unpaired) electrons. The minimum Gasteiger partial charge on any atom is -0.340 e. The van der Waals surface area contributed by atoms with Crippen molar-refractivity contribution >= 4 is 11.3 Å². The Labute approximate surface area is 346 Å². The van der Waals surface area contributed by atoms with E-state index in [1.165, 1.54) is 67.1 Å². The van der Waals surface area contributed by atoms with Gasteiger partial charge >= 0.3 is 0 Å². The molecule has 0 fully saturated rings. The van der Waals surface area contributed by atoms with Crippen molar-refractivity contribution in [2.45, 2.75) is 51.5 Å². The molecule has 0 heterocycles.